The van der Waals surface area contributed by atoms with Gasteiger partial charge in [-0.05, 0) is 33.6 Å². The second-order valence-electron chi connectivity index (χ2n) is 5.86. The van der Waals surface area contributed by atoms with Gasteiger partial charge < -0.3 is 14.2 Å². The van der Waals surface area contributed by atoms with E-state index in [1.54, 1.807) is 20.8 Å². The number of ether oxygens (including phenoxy) is 3. The molecule has 0 aromatic heterocycles. The summed E-state index contributed by atoms with van der Waals surface area (Å²) in [6, 6.07) is 0. The zero-order chi connectivity index (χ0) is 15.4. The summed E-state index contributed by atoms with van der Waals surface area (Å²) in [6.07, 6.45) is 1.27. The van der Waals surface area contributed by atoms with E-state index in [1.807, 2.05) is 6.92 Å². The van der Waals surface area contributed by atoms with Crippen molar-refractivity contribution in [3.05, 3.63) is 0 Å². The van der Waals surface area contributed by atoms with Gasteiger partial charge in [0.25, 0.3) is 0 Å². The number of methoxy groups -OCH3 is 1. The van der Waals surface area contributed by atoms with Crippen LogP contribution in [0.25, 0.3) is 0 Å². The van der Waals surface area contributed by atoms with Gasteiger partial charge in [-0.25, -0.2) is 9.59 Å². The predicted octanol–water partition coefficient (Wildman–Crippen LogP) is 2.31. The van der Waals surface area contributed by atoms with Crippen molar-refractivity contribution in [2.75, 3.05) is 20.3 Å². The third-order valence-electron chi connectivity index (χ3n) is 3.04. The Labute approximate surface area is 120 Å². The normalized spacial score (nSPS) is 22.8. The molecule has 6 nitrogen and oxygen atoms in total. The lowest BCUT2D eigenvalue weighted by molar-refractivity contribution is -0.187. The van der Waals surface area contributed by atoms with Crippen LogP contribution in [-0.4, -0.2) is 48.5 Å². The maximum atomic E-state index is 12.2. The Hall–Kier alpha value is -1.30. The van der Waals surface area contributed by atoms with E-state index in [0.717, 1.165) is 6.42 Å². The molecular weight excluding hydrogens is 262 g/mol. The molecule has 0 spiro atoms. The van der Waals surface area contributed by atoms with Gasteiger partial charge in [0, 0.05) is 20.1 Å². The van der Waals surface area contributed by atoms with Gasteiger partial charge >= 0.3 is 12.1 Å². The number of amides is 1. The molecule has 20 heavy (non-hydrogen) atoms. The lowest BCUT2D eigenvalue weighted by Gasteiger charge is -2.35. The average Bonchev–Trinajstić information content (AvgIpc) is 2.78. The molecule has 0 N–H and O–H groups in total. The van der Waals surface area contributed by atoms with Gasteiger partial charge in [-0.15, -0.1) is 0 Å². The monoisotopic (exact) mass is 287 g/mol. The zero-order valence-electron chi connectivity index (χ0n) is 13.0. The van der Waals surface area contributed by atoms with Gasteiger partial charge in [-0.3, -0.25) is 4.90 Å². The van der Waals surface area contributed by atoms with E-state index in [0.29, 0.717) is 26.0 Å². The summed E-state index contributed by atoms with van der Waals surface area (Å²) in [5, 5.41) is 0. The van der Waals surface area contributed by atoms with Crippen molar-refractivity contribution in [1.29, 1.82) is 0 Å². The fourth-order valence-corrected chi connectivity index (χ4v) is 2.16. The second-order valence-corrected chi connectivity index (χ2v) is 5.86. The Kier molecular flexibility index (Phi) is 5.39. The minimum atomic E-state index is -1.35. The lowest BCUT2D eigenvalue weighted by Crippen LogP contribution is -2.56. The predicted molar refractivity (Wildman–Crippen MR) is 73.2 cm³/mol. The highest BCUT2D eigenvalue weighted by Crippen LogP contribution is 2.33. The third-order valence-corrected chi connectivity index (χ3v) is 3.04. The summed E-state index contributed by atoms with van der Waals surface area (Å²) in [4.78, 5) is 25.8. The summed E-state index contributed by atoms with van der Waals surface area (Å²) in [7, 11) is 1.41. The summed E-state index contributed by atoms with van der Waals surface area (Å²) >= 11 is 0. The van der Waals surface area contributed by atoms with Crippen LogP contribution in [-0.2, 0) is 19.0 Å². The fraction of sp³-hybridized carbons (Fsp3) is 0.857. The van der Waals surface area contributed by atoms with E-state index in [9.17, 15) is 9.59 Å². The number of nitrogens with zero attached hydrogens (tertiary/aromatic N) is 1. The Bertz CT molecular complexity index is 363. The van der Waals surface area contributed by atoms with Crippen molar-refractivity contribution in [2.24, 2.45) is 0 Å². The SMILES string of the molecule is CCCOC(=O)[C@]1(OC)CCCN1C(=O)OC(C)(C)C. The van der Waals surface area contributed by atoms with Gasteiger partial charge in [0.05, 0.1) is 6.61 Å². The Morgan fingerprint density at radius 3 is 2.45 bits per heavy atom. The molecule has 116 valence electrons. The molecule has 0 aliphatic carbocycles. The molecule has 1 heterocycles. The van der Waals surface area contributed by atoms with Crippen LogP contribution in [0, 0.1) is 0 Å². The summed E-state index contributed by atoms with van der Waals surface area (Å²) < 4.78 is 15.9. The first-order valence-electron chi connectivity index (χ1n) is 7.00. The van der Waals surface area contributed by atoms with Crippen molar-refractivity contribution in [3.8, 4) is 0 Å². The van der Waals surface area contributed by atoms with E-state index >= 15 is 0 Å². The van der Waals surface area contributed by atoms with Crippen LogP contribution in [0.5, 0.6) is 0 Å². The van der Waals surface area contributed by atoms with Crippen molar-refractivity contribution < 1.29 is 23.8 Å². The summed E-state index contributed by atoms with van der Waals surface area (Å²) in [6.45, 7) is 7.99. The van der Waals surface area contributed by atoms with Crippen molar-refractivity contribution in [1.82, 2.24) is 4.90 Å². The van der Waals surface area contributed by atoms with Crippen LogP contribution >= 0.6 is 0 Å². The van der Waals surface area contributed by atoms with Gasteiger partial charge in [0.15, 0.2) is 0 Å². The number of rotatable bonds is 4. The average molecular weight is 287 g/mol. The smallest absolute Gasteiger partial charge is 0.413 e. The highest BCUT2D eigenvalue weighted by molar-refractivity contribution is 5.85. The van der Waals surface area contributed by atoms with Crippen LogP contribution in [0.2, 0.25) is 0 Å². The molecule has 1 aliphatic heterocycles. The molecule has 0 aromatic rings. The first-order chi connectivity index (χ1) is 9.27. The van der Waals surface area contributed by atoms with Crippen LogP contribution in [0.3, 0.4) is 0 Å². The first kappa shape index (κ1) is 16.8. The van der Waals surface area contributed by atoms with Crippen LogP contribution in [0.4, 0.5) is 4.79 Å². The molecule has 1 rings (SSSR count). The molecule has 1 amide bonds. The molecule has 1 atom stereocenters. The highest BCUT2D eigenvalue weighted by Gasteiger charge is 2.53. The molecule has 6 heteroatoms. The maximum Gasteiger partial charge on any atom is 0.413 e. The van der Waals surface area contributed by atoms with Gasteiger partial charge in [0.1, 0.15) is 5.60 Å². The Morgan fingerprint density at radius 2 is 1.95 bits per heavy atom. The van der Waals surface area contributed by atoms with Gasteiger partial charge in [-0.1, -0.05) is 6.92 Å². The maximum absolute atomic E-state index is 12.2. The molecule has 0 unspecified atom stereocenters. The van der Waals surface area contributed by atoms with Crippen LogP contribution < -0.4 is 0 Å². The largest absolute Gasteiger partial charge is 0.462 e. The number of carbonyl (C=O) groups is 2. The van der Waals surface area contributed by atoms with Crippen LogP contribution in [0.15, 0.2) is 0 Å². The zero-order valence-corrected chi connectivity index (χ0v) is 13.0. The van der Waals surface area contributed by atoms with E-state index in [1.165, 1.54) is 12.0 Å². The van der Waals surface area contributed by atoms with E-state index < -0.39 is 23.4 Å². The standard InChI is InChI=1S/C14H25NO5/c1-6-10-19-11(16)14(18-5)8-7-9-15(14)12(17)20-13(2,3)4/h6-10H2,1-5H3/t14-/m1/s1. The molecule has 1 saturated heterocycles. The molecule has 1 fully saturated rings. The molecular formula is C14H25NO5. The van der Waals surface area contributed by atoms with E-state index in [-0.39, 0.29) is 0 Å². The Morgan fingerprint density at radius 1 is 1.30 bits per heavy atom. The highest BCUT2D eigenvalue weighted by atomic mass is 16.6. The summed E-state index contributed by atoms with van der Waals surface area (Å²) in [5.74, 6) is -0.523. The minimum absolute atomic E-state index is 0.312. The van der Waals surface area contributed by atoms with Gasteiger partial charge in [0.2, 0.25) is 5.72 Å². The van der Waals surface area contributed by atoms with Crippen LogP contribution in [0.1, 0.15) is 47.0 Å². The quantitative estimate of drug-likeness (QED) is 0.742. The lowest BCUT2D eigenvalue weighted by atomic mass is 10.1. The number of carbonyl (C=O) groups excluding carboxylic acids is 2. The van der Waals surface area contributed by atoms with Crippen molar-refractivity contribution >= 4 is 12.1 Å². The third kappa shape index (κ3) is 3.62. The number of hydrogen-bond donors (Lipinski definition) is 0. The second kappa shape index (κ2) is 6.43. The minimum Gasteiger partial charge on any atom is -0.462 e. The fourth-order valence-electron chi connectivity index (χ4n) is 2.16. The number of likely N-dealkylation sites (tertiary alicyclic amines) is 1. The number of esters is 1. The molecule has 0 bridgehead atoms. The van der Waals surface area contributed by atoms with E-state index in [4.69, 9.17) is 14.2 Å². The first-order valence-corrected chi connectivity index (χ1v) is 7.00. The topological polar surface area (TPSA) is 65.1 Å². The molecule has 0 radical (unpaired) electrons. The molecule has 0 aromatic carbocycles. The molecule has 0 saturated carbocycles. The van der Waals surface area contributed by atoms with Gasteiger partial charge in [-0.2, -0.15) is 0 Å². The number of hydrogen-bond acceptors (Lipinski definition) is 5. The molecule has 1 aliphatic rings. The van der Waals surface area contributed by atoms with E-state index in [2.05, 4.69) is 0 Å². The summed E-state index contributed by atoms with van der Waals surface area (Å²) in [5.41, 5.74) is -1.97. The Balaban J connectivity index is 2.88. The van der Waals surface area contributed by atoms with Crippen molar-refractivity contribution in [3.63, 3.8) is 0 Å². The van der Waals surface area contributed by atoms with Crippen molar-refractivity contribution in [2.45, 2.75) is 58.3 Å².